The van der Waals surface area contributed by atoms with Crippen LogP contribution in [0.25, 0.3) is 21.4 Å². The number of furan rings is 1. The summed E-state index contributed by atoms with van der Waals surface area (Å²) < 4.78 is 17.4. The molecule has 1 fully saturated rings. The minimum absolute atomic E-state index is 0.0794. The molecule has 7 nitrogen and oxygen atoms in total. The van der Waals surface area contributed by atoms with Crippen LogP contribution < -0.4 is 15.6 Å². The molecule has 4 heterocycles. The number of thiophene rings is 1. The number of carbonyl (C=O) groups is 1. The van der Waals surface area contributed by atoms with Gasteiger partial charge in [-0.2, -0.15) is 0 Å². The number of morpholine rings is 1. The van der Waals surface area contributed by atoms with Crippen LogP contribution in [0, 0.1) is 11.8 Å². The molecule has 0 aromatic carbocycles. The van der Waals surface area contributed by atoms with Crippen molar-refractivity contribution in [1.29, 1.82) is 0 Å². The quantitative estimate of drug-likeness (QED) is 0.699. The van der Waals surface area contributed by atoms with Crippen molar-refractivity contribution in [3.8, 4) is 23.0 Å². The Labute approximate surface area is 158 Å². The molecule has 4 rings (SSSR count). The average molecular weight is 384 g/mol. The number of ether oxygens (including phenoxy) is 1. The van der Waals surface area contributed by atoms with Crippen molar-refractivity contribution in [2.24, 2.45) is 0 Å². The first-order valence-electron chi connectivity index (χ1n) is 8.36. The van der Waals surface area contributed by atoms with Gasteiger partial charge in [-0.15, -0.1) is 11.3 Å². The van der Waals surface area contributed by atoms with Crippen molar-refractivity contribution in [2.45, 2.75) is 6.92 Å². The molecule has 8 heteroatoms. The van der Waals surface area contributed by atoms with Crippen LogP contribution in [-0.2, 0) is 9.53 Å². The molecule has 1 aliphatic rings. The van der Waals surface area contributed by atoms with Crippen LogP contribution in [0.3, 0.4) is 0 Å². The van der Waals surface area contributed by atoms with Gasteiger partial charge in [-0.05, 0) is 12.8 Å². The fourth-order valence-corrected chi connectivity index (χ4v) is 3.78. The summed E-state index contributed by atoms with van der Waals surface area (Å²) in [5, 5.41) is 4.41. The summed E-state index contributed by atoms with van der Waals surface area (Å²) in [6.45, 7) is 4.13. The van der Waals surface area contributed by atoms with Crippen molar-refractivity contribution in [3.63, 3.8) is 0 Å². The van der Waals surface area contributed by atoms with Gasteiger partial charge in [0, 0.05) is 41.7 Å². The first kappa shape index (κ1) is 17.4. The zero-order valence-corrected chi connectivity index (χ0v) is 15.4. The van der Waals surface area contributed by atoms with Crippen LogP contribution in [0.15, 0.2) is 37.4 Å². The summed E-state index contributed by atoms with van der Waals surface area (Å²) in [5.41, 5.74) is 1.89. The van der Waals surface area contributed by atoms with Crippen LogP contribution in [-0.4, -0.2) is 32.2 Å². The predicted molar refractivity (Wildman–Crippen MR) is 103 cm³/mol. The van der Waals surface area contributed by atoms with Gasteiger partial charge >= 0.3 is 5.91 Å². The third-order valence-electron chi connectivity index (χ3n) is 4.14. The minimum Gasteiger partial charge on any atom is -0.448 e. The van der Waals surface area contributed by atoms with Gasteiger partial charge in [0.05, 0.1) is 13.2 Å². The van der Waals surface area contributed by atoms with E-state index in [1.54, 1.807) is 13.0 Å². The first-order chi connectivity index (χ1) is 13.2. The molecule has 0 unspecified atom stereocenters. The highest BCUT2D eigenvalue weighted by molar-refractivity contribution is 7.17. The standard InChI is InChI=1S/C19H16N2O5S/c1-2-3-15(23)20-16-8-12(10-25-16)13-11-27-19-14(22)9-17(26-18(13)19)21-4-6-24-7-5-21/h8-11H,4-7H2,1H3,(H,20,23). The Kier molecular flexibility index (Phi) is 4.71. The van der Waals surface area contributed by atoms with Crippen molar-refractivity contribution in [1.82, 2.24) is 0 Å². The smallest absolute Gasteiger partial charge is 0.302 e. The van der Waals surface area contributed by atoms with E-state index >= 15 is 0 Å². The molecule has 0 aliphatic carbocycles. The summed E-state index contributed by atoms with van der Waals surface area (Å²) in [7, 11) is 0. The number of hydrogen-bond acceptors (Lipinski definition) is 7. The average Bonchev–Trinajstić information content (AvgIpc) is 3.29. The first-order valence-corrected chi connectivity index (χ1v) is 9.24. The zero-order valence-electron chi connectivity index (χ0n) is 14.5. The molecule has 1 aliphatic heterocycles. The lowest BCUT2D eigenvalue weighted by atomic mass is 10.1. The topological polar surface area (TPSA) is 84.9 Å². The van der Waals surface area contributed by atoms with Gasteiger partial charge in [0.25, 0.3) is 0 Å². The number of rotatable bonds is 3. The molecule has 0 spiro atoms. The van der Waals surface area contributed by atoms with E-state index in [0.29, 0.717) is 48.0 Å². The Balaban J connectivity index is 1.70. The van der Waals surface area contributed by atoms with Gasteiger partial charge in [0.15, 0.2) is 11.5 Å². The Hall–Kier alpha value is -3.02. The molecule has 3 aromatic rings. The summed E-state index contributed by atoms with van der Waals surface area (Å²) in [4.78, 5) is 26.1. The zero-order chi connectivity index (χ0) is 18.8. The fraction of sp³-hybridized carbons (Fsp3) is 0.263. The lowest BCUT2D eigenvalue weighted by molar-refractivity contribution is -0.111. The normalized spacial score (nSPS) is 14.0. The van der Waals surface area contributed by atoms with Crippen LogP contribution >= 0.6 is 11.3 Å². The third-order valence-corrected chi connectivity index (χ3v) is 5.11. The van der Waals surface area contributed by atoms with Crippen molar-refractivity contribution in [3.05, 3.63) is 34.0 Å². The fourth-order valence-electron chi connectivity index (χ4n) is 2.87. The molecule has 27 heavy (non-hydrogen) atoms. The number of nitrogens with one attached hydrogen (secondary N) is 1. The molecular weight excluding hydrogens is 368 g/mol. The number of nitrogens with zero attached hydrogens (tertiary/aromatic N) is 1. The lowest BCUT2D eigenvalue weighted by Crippen LogP contribution is -2.36. The van der Waals surface area contributed by atoms with E-state index in [4.69, 9.17) is 13.6 Å². The third kappa shape index (κ3) is 3.47. The maximum absolute atomic E-state index is 12.5. The number of amides is 1. The molecule has 0 atom stereocenters. The lowest BCUT2D eigenvalue weighted by Gasteiger charge is -2.27. The SMILES string of the molecule is CC#CC(=O)Nc1cc(-c2csc3c(=O)cc(N4CCOCC4)oc23)co1. The Morgan fingerprint density at radius 2 is 2.11 bits per heavy atom. The highest BCUT2D eigenvalue weighted by atomic mass is 32.1. The van der Waals surface area contributed by atoms with Crippen molar-refractivity contribution >= 4 is 39.3 Å². The molecule has 1 N–H and O–H groups in total. The van der Waals surface area contributed by atoms with Gasteiger partial charge in [-0.25, -0.2) is 0 Å². The van der Waals surface area contributed by atoms with Crippen LogP contribution in [0.5, 0.6) is 0 Å². The molecule has 0 saturated carbocycles. The van der Waals surface area contributed by atoms with E-state index < -0.39 is 5.91 Å². The van der Waals surface area contributed by atoms with Crippen LogP contribution in [0.4, 0.5) is 11.8 Å². The summed E-state index contributed by atoms with van der Waals surface area (Å²) in [6.07, 6.45) is 1.51. The predicted octanol–water partition coefficient (Wildman–Crippen LogP) is 2.91. The second kappa shape index (κ2) is 7.31. The van der Waals surface area contributed by atoms with Gasteiger partial charge in [0.1, 0.15) is 11.0 Å². The largest absolute Gasteiger partial charge is 0.448 e. The summed E-state index contributed by atoms with van der Waals surface area (Å²) >= 11 is 1.32. The van der Waals surface area contributed by atoms with E-state index in [0.717, 1.165) is 5.56 Å². The van der Waals surface area contributed by atoms with E-state index in [2.05, 4.69) is 17.2 Å². The minimum atomic E-state index is -0.449. The van der Waals surface area contributed by atoms with Crippen LogP contribution in [0.2, 0.25) is 0 Å². The Bertz CT molecular complexity index is 1110. The highest BCUT2D eigenvalue weighted by Gasteiger charge is 2.19. The van der Waals surface area contributed by atoms with E-state index in [1.807, 2.05) is 10.3 Å². The van der Waals surface area contributed by atoms with Crippen molar-refractivity contribution in [2.75, 3.05) is 36.5 Å². The summed E-state index contributed by atoms with van der Waals surface area (Å²) in [6, 6.07) is 3.20. The second-order valence-corrected chi connectivity index (χ2v) is 6.76. The molecule has 3 aromatic heterocycles. The van der Waals surface area contributed by atoms with Gasteiger partial charge in [-0.1, -0.05) is 5.92 Å². The van der Waals surface area contributed by atoms with E-state index in [1.165, 1.54) is 23.7 Å². The van der Waals surface area contributed by atoms with Gasteiger partial charge < -0.3 is 18.5 Å². The molecule has 0 bridgehead atoms. The van der Waals surface area contributed by atoms with E-state index in [9.17, 15) is 9.59 Å². The van der Waals surface area contributed by atoms with Crippen molar-refractivity contribution < 1.29 is 18.4 Å². The Morgan fingerprint density at radius 3 is 2.89 bits per heavy atom. The number of carbonyl (C=O) groups excluding carboxylic acids is 1. The van der Waals surface area contributed by atoms with Crippen LogP contribution in [0.1, 0.15) is 6.92 Å². The second-order valence-electron chi connectivity index (χ2n) is 5.88. The Morgan fingerprint density at radius 1 is 1.30 bits per heavy atom. The van der Waals surface area contributed by atoms with Gasteiger partial charge in [-0.3, -0.25) is 14.9 Å². The molecular formula is C19H16N2O5S. The highest BCUT2D eigenvalue weighted by Crippen LogP contribution is 2.36. The maximum Gasteiger partial charge on any atom is 0.302 e. The molecule has 1 amide bonds. The molecule has 138 valence electrons. The molecule has 1 saturated heterocycles. The van der Waals surface area contributed by atoms with Gasteiger partial charge in [0.2, 0.25) is 11.3 Å². The number of hydrogen-bond donors (Lipinski definition) is 1. The number of fused-ring (bicyclic) bond motifs is 1. The van der Waals surface area contributed by atoms with E-state index in [-0.39, 0.29) is 11.3 Å². The maximum atomic E-state index is 12.5. The summed E-state index contributed by atoms with van der Waals surface area (Å²) in [5.74, 6) is 5.27. The monoisotopic (exact) mass is 384 g/mol. The molecule has 0 radical (unpaired) electrons. The number of anilines is 2.